The van der Waals surface area contributed by atoms with Crippen molar-refractivity contribution < 1.29 is 9.53 Å². The van der Waals surface area contributed by atoms with Crippen LogP contribution in [0.5, 0.6) is 0 Å². The molecule has 1 rings (SSSR count). The van der Waals surface area contributed by atoms with Gasteiger partial charge in [0.1, 0.15) is 0 Å². The Labute approximate surface area is 148 Å². The number of benzene rings is 1. The minimum absolute atomic E-state index is 0.308. The first-order valence-corrected chi connectivity index (χ1v) is 9.02. The molecule has 128 valence electrons. The largest absolute Gasteiger partial charge is 0.463 e. The predicted octanol–water partition coefficient (Wildman–Crippen LogP) is 5.14. The summed E-state index contributed by atoms with van der Waals surface area (Å²) < 4.78 is 5.97. The molecule has 0 aliphatic heterocycles. The van der Waals surface area contributed by atoms with Gasteiger partial charge in [-0.2, -0.15) is 0 Å². The third-order valence-corrected chi connectivity index (χ3v) is 3.68. The molecule has 3 nitrogen and oxygen atoms in total. The average molecular weight is 382 g/mol. The molecule has 0 aliphatic rings. The van der Waals surface area contributed by atoms with E-state index in [1.807, 2.05) is 25.1 Å². The molecule has 0 bridgehead atoms. The van der Waals surface area contributed by atoms with E-state index in [9.17, 15) is 4.79 Å². The first-order chi connectivity index (χ1) is 10.8. The summed E-state index contributed by atoms with van der Waals surface area (Å²) in [4.78, 5) is 14.0. The maximum atomic E-state index is 11.6. The van der Waals surface area contributed by atoms with E-state index in [-0.39, 0.29) is 5.97 Å². The number of esters is 1. The molecule has 0 fully saturated rings. The molecule has 23 heavy (non-hydrogen) atoms. The summed E-state index contributed by atoms with van der Waals surface area (Å²) in [6.45, 7) is 13.1. The molecule has 1 aromatic carbocycles. The van der Waals surface area contributed by atoms with Crippen molar-refractivity contribution in [1.82, 2.24) is 0 Å². The monoisotopic (exact) mass is 381 g/mol. The van der Waals surface area contributed by atoms with Crippen LogP contribution in [0.4, 0.5) is 5.69 Å². The molecule has 0 heterocycles. The van der Waals surface area contributed by atoms with Crippen LogP contribution in [-0.2, 0) is 9.53 Å². The minimum atomic E-state index is -0.308. The predicted molar refractivity (Wildman–Crippen MR) is 102 cm³/mol. The van der Waals surface area contributed by atoms with E-state index in [2.05, 4.69) is 54.6 Å². The highest BCUT2D eigenvalue weighted by Crippen LogP contribution is 2.27. The SMILES string of the molecule is CCOC(=O)C=Cc1cc(Br)ccc1N(CC(C)C)CC(C)C. The number of ether oxygens (including phenoxy) is 1. The summed E-state index contributed by atoms with van der Waals surface area (Å²) in [7, 11) is 0. The Morgan fingerprint density at radius 3 is 2.35 bits per heavy atom. The molecule has 0 amide bonds. The highest BCUT2D eigenvalue weighted by Gasteiger charge is 2.14. The van der Waals surface area contributed by atoms with Crippen molar-refractivity contribution in [2.45, 2.75) is 34.6 Å². The fourth-order valence-corrected chi connectivity index (χ4v) is 2.83. The molecule has 1 aromatic rings. The van der Waals surface area contributed by atoms with Crippen molar-refractivity contribution in [2.24, 2.45) is 11.8 Å². The molecule has 0 N–H and O–H groups in total. The first kappa shape index (κ1) is 19.8. The number of rotatable bonds is 8. The number of hydrogen-bond donors (Lipinski definition) is 0. The van der Waals surface area contributed by atoms with Crippen molar-refractivity contribution in [3.63, 3.8) is 0 Å². The Balaban J connectivity index is 3.13. The average Bonchev–Trinajstić information content (AvgIpc) is 2.44. The highest BCUT2D eigenvalue weighted by atomic mass is 79.9. The van der Waals surface area contributed by atoms with Gasteiger partial charge in [-0.3, -0.25) is 0 Å². The number of nitrogens with zero attached hydrogens (tertiary/aromatic N) is 1. The summed E-state index contributed by atoms with van der Waals surface area (Å²) in [5, 5.41) is 0. The van der Waals surface area contributed by atoms with Gasteiger partial charge in [0.25, 0.3) is 0 Å². The molecule has 0 aliphatic carbocycles. The normalized spacial score (nSPS) is 11.5. The van der Waals surface area contributed by atoms with Crippen LogP contribution in [0.2, 0.25) is 0 Å². The van der Waals surface area contributed by atoms with Gasteiger partial charge in [-0.1, -0.05) is 43.6 Å². The number of anilines is 1. The van der Waals surface area contributed by atoms with Crippen LogP contribution >= 0.6 is 15.9 Å². The maximum absolute atomic E-state index is 11.6. The Bertz CT molecular complexity index is 528. The standard InChI is InChI=1S/C19H28BrNO2/c1-6-23-19(22)10-7-16-11-17(20)8-9-18(16)21(12-14(2)3)13-15(4)5/h7-11,14-15H,6,12-13H2,1-5H3. The highest BCUT2D eigenvalue weighted by molar-refractivity contribution is 9.10. The summed E-state index contributed by atoms with van der Waals surface area (Å²) in [5.41, 5.74) is 2.17. The zero-order chi connectivity index (χ0) is 17.4. The second-order valence-corrected chi connectivity index (χ2v) is 7.40. The summed E-state index contributed by atoms with van der Waals surface area (Å²) in [5.74, 6) is 0.830. The van der Waals surface area contributed by atoms with E-state index < -0.39 is 0 Å². The Hall–Kier alpha value is -1.29. The quantitative estimate of drug-likeness (QED) is 0.460. The van der Waals surface area contributed by atoms with Gasteiger partial charge >= 0.3 is 5.97 Å². The molecular weight excluding hydrogens is 354 g/mol. The van der Waals surface area contributed by atoms with Crippen LogP contribution in [0.25, 0.3) is 6.08 Å². The lowest BCUT2D eigenvalue weighted by Gasteiger charge is -2.30. The zero-order valence-electron chi connectivity index (χ0n) is 14.8. The van der Waals surface area contributed by atoms with E-state index >= 15 is 0 Å². The molecule has 0 atom stereocenters. The number of hydrogen-bond acceptors (Lipinski definition) is 3. The van der Waals surface area contributed by atoms with E-state index in [1.54, 1.807) is 0 Å². The van der Waals surface area contributed by atoms with Crippen molar-refractivity contribution >= 4 is 33.7 Å². The molecule has 0 spiro atoms. The fraction of sp³-hybridized carbons (Fsp3) is 0.526. The van der Waals surface area contributed by atoms with Crippen LogP contribution in [0.3, 0.4) is 0 Å². The van der Waals surface area contributed by atoms with Gasteiger partial charge in [-0.15, -0.1) is 0 Å². The Morgan fingerprint density at radius 2 is 1.83 bits per heavy atom. The van der Waals surface area contributed by atoms with Gasteiger partial charge < -0.3 is 9.64 Å². The van der Waals surface area contributed by atoms with Gasteiger partial charge in [0, 0.05) is 29.3 Å². The zero-order valence-corrected chi connectivity index (χ0v) is 16.4. The third-order valence-electron chi connectivity index (χ3n) is 3.19. The molecule has 4 heteroatoms. The van der Waals surface area contributed by atoms with E-state index in [4.69, 9.17) is 4.74 Å². The van der Waals surface area contributed by atoms with Crippen LogP contribution in [0, 0.1) is 11.8 Å². The smallest absolute Gasteiger partial charge is 0.330 e. The molecule has 0 radical (unpaired) electrons. The summed E-state index contributed by atoms with van der Waals surface area (Å²) >= 11 is 3.52. The lowest BCUT2D eigenvalue weighted by molar-refractivity contribution is -0.137. The van der Waals surface area contributed by atoms with Gasteiger partial charge in [0.15, 0.2) is 0 Å². The van der Waals surface area contributed by atoms with Crippen molar-refractivity contribution in [3.05, 3.63) is 34.3 Å². The number of carbonyl (C=O) groups is 1. The topological polar surface area (TPSA) is 29.5 Å². The van der Waals surface area contributed by atoms with Crippen LogP contribution < -0.4 is 4.90 Å². The molecule has 0 saturated heterocycles. The van der Waals surface area contributed by atoms with Gasteiger partial charge in [0.2, 0.25) is 0 Å². The second kappa shape index (κ2) is 9.76. The molecule has 0 aromatic heterocycles. The van der Waals surface area contributed by atoms with E-state index in [0.29, 0.717) is 18.4 Å². The molecular formula is C19H28BrNO2. The summed E-state index contributed by atoms with van der Waals surface area (Å²) in [6.07, 6.45) is 3.34. The van der Waals surface area contributed by atoms with Gasteiger partial charge in [-0.25, -0.2) is 4.79 Å². The van der Waals surface area contributed by atoms with E-state index in [1.165, 1.54) is 6.08 Å². The summed E-state index contributed by atoms with van der Waals surface area (Å²) in [6, 6.07) is 6.20. The van der Waals surface area contributed by atoms with Crippen molar-refractivity contribution in [3.8, 4) is 0 Å². The number of halogens is 1. The molecule has 0 saturated carbocycles. The molecule has 0 unspecified atom stereocenters. The maximum Gasteiger partial charge on any atom is 0.330 e. The fourth-order valence-electron chi connectivity index (χ4n) is 2.45. The third kappa shape index (κ3) is 7.21. The van der Waals surface area contributed by atoms with Crippen LogP contribution in [0.15, 0.2) is 28.7 Å². The van der Waals surface area contributed by atoms with Crippen LogP contribution in [0.1, 0.15) is 40.2 Å². The second-order valence-electron chi connectivity index (χ2n) is 6.48. The first-order valence-electron chi connectivity index (χ1n) is 8.22. The Morgan fingerprint density at radius 1 is 1.22 bits per heavy atom. The van der Waals surface area contributed by atoms with Gasteiger partial charge in [-0.05, 0) is 48.6 Å². The van der Waals surface area contributed by atoms with Gasteiger partial charge in [0.05, 0.1) is 6.61 Å². The van der Waals surface area contributed by atoms with E-state index in [0.717, 1.165) is 28.8 Å². The van der Waals surface area contributed by atoms with Crippen LogP contribution in [-0.4, -0.2) is 25.7 Å². The Kier molecular flexibility index (Phi) is 8.38. The van der Waals surface area contributed by atoms with Crippen molar-refractivity contribution in [2.75, 3.05) is 24.6 Å². The lowest BCUT2D eigenvalue weighted by atomic mass is 10.1. The number of carbonyl (C=O) groups excluding carboxylic acids is 1. The van der Waals surface area contributed by atoms with Crippen molar-refractivity contribution in [1.29, 1.82) is 0 Å². The lowest BCUT2D eigenvalue weighted by Crippen LogP contribution is -2.31. The minimum Gasteiger partial charge on any atom is -0.463 e.